The van der Waals surface area contributed by atoms with Crippen LogP contribution in [0.15, 0.2) is 9.31 Å². The van der Waals surface area contributed by atoms with E-state index in [0.717, 1.165) is 40.3 Å². The van der Waals surface area contributed by atoms with Crippen LogP contribution in [0, 0.1) is 0 Å². The van der Waals surface area contributed by atoms with Crippen LogP contribution in [0.2, 0.25) is 0 Å². The first-order valence-corrected chi connectivity index (χ1v) is 8.27. The highest BCUT2D eigenvalue weighted by molar-refractivity contribution is 8.00. The number of nitrogens with zero attached hydrogens (tertiary/aromatic N) is 1. The van der Waals surface area contributed by atoms with Gasteiger partial charge in [-0.25, -0.2) is 5.43 Å². The molecule has 0 spiro atoms. The number of fused-ring (bicyclic) bond motifs is 1. The maximum Gasteiger partial charge on any atom is 0.281 e. The number of aliphatic hydroxyl groups excluding tert-OH is 1. The van der Waals surface area contributed by atoms with E-state index in [2.05, 4.69) is 10.5 Å². The number of amides is 1. The summed E-state index contributed by atoms with van der Waals surface area (Å²) in [5.41, 5.74) is 5.35. The van der Waals surface area contributed by atoms with Crippen molar-refractivity contribution in [3.63, 3.8) is 0 Å². The van der Waals surface area contributed by atoms with Crippen LogP contribution in [-0.2, 0) is 6.42 Å². The highest BCUT2D eigenvalue weighted by atomic mass is 32.2. The van der Waals surface area contributed by atoms with Crippen molar-refractivity contribution in [2.24, 2.45) is 5.10 Å². The van der Waals surface area contributed by atoms with Crippen molar-refractivity contribution in [2.75, 3.05) is 6.26 Å². The lowest BCUT2D eigenvalue weighted by Crippen LogP contribution is -2.20. The second kappa shape index (κ2) is 6.07. The fourth-order valence-corrected chi connectivity index (χ4v) is 4.30. The number of thiophene rings is 1. The fourth-order valence-electron chi connectivity index (χ4n) is 2.21. The van der Waals surface area contributed by atoms with Crippen LogP contribution in [0.4, 0.5) is 0 Å². The van der Waals surface area contributed by atoms with Crippen LogP contribution in [0.3, 0.4) is 0 Å². The second-order valence-corrected chi connectivity index (χ2v) is 6.82. The molecule has 0 unspecified atom stereocenters. The molecule has 4 nitrogen and oxygen atoms in total. The summed E-state index contributed by atoms with van der Waals surface area (Å²) < 4.78 is 1.05. The molecule has 1 aliphatic carbocycles. The van der Waals surface area contributed by atoms with Crippen LogP contribution in [0.25, 0.3) is 0 Å². The summed E-state index contributed by atoms with van der Waals surface area (Å²) in [6.07, 6.45) is 4.12. The Morgan fingerprint density at radius 2 is 2.26 bits per heavy atom. The first kappa shape index (κ1) is 14.6. The van der Waals surface area contributed by atoms with Gasteiger partial charge in [0.05, 0.1) is 15.2 Å². The van der Waals surface area contributed by atoms with Gasteiger partial charge in [-0.3, -0.25) is 4.79 Å². The number of carbonyl (C=O) groups excluding carboxylic acids is 1. The van der Waals surface area contributed by atoms with Crippen molar-refractivity contribution in [2.45, 2.75) is 43.4 Å². The summed E-state index contributed by atoms with van der Waals surface area (Å²) >= 11 is 3.05. The van der Waals surface area contributed by atoms with Gasteiger partial charge in [-0.05, 0) is 44.9 Å². The van der Waals surface area contributed by atoms with E-state index in [1.165, 1.54) is 11.3 Å². The van der Waals surface area contributed by atoms with Crippen molar-refractivity contribution < 1.29 is 9.90 Å². The summed E-state index contributed by atoms with van der Waals surface area (Å²) in [5, 5.41) is 14.1. The standard InChI is InChI=1S/C13H18N2O2S2/c1-7(2)14-15-12(17)11-8-5-4-6-9(16)10(8)13(18-3)19-11/h9,16H,4-6H2,1-3H3,(H,15,17)/t9-/m1/s1. The van der Waals surface area contributed by atoms with Crippen molar-refractivity contribution in [1.82, 2.24) is 5.43 Å². The molecular formula is C13H18N2O2S2. The molecule has 2 N–H and O–H groups in total. The third-order valence-corrected chi connectivity index (χ3v) is 5.41. The first-order chi connectivity index (χ1) is 9.04. The van der Waals surface area contributed by atoms with E-state index in [-0.39, 0.29) is 5.91 Å². The van der Waals surface area contributed by atoms with E-state index >= 15 is 0 Å². The predicted octanol–water partition coefficient (Wildman–Crippen LogP) is 2.97. The van der Waals surface area contributed by atoms with Crippen LogP contribution >= 0.6 is 23.1 Å². The molecule has 0 aromatic carbocycles. The van der Waals surface area contributed by atoms with Gasteiger partial charge in [-0.1, -0.05) is 0 Å². The Morgan fingerprint density at radius 3 is 2.89 bits per heavy atom. The molecule has 1 aromatic rings. The number of rotatable bonds is 3. The zero-order chi connectivity index (χ0) is 14.0. The molecule has 0 radical (unpaired) electrons. The number of thioether (sulfide) groups is 1. The van der Waals surface area contributed by atoms with E-state index < -0.39 is 6.10 Å². The highest BCUT2D eigenvalue weighted by Gasteiger charge is 2.29. The summed E-state index contributed by atoms with van der Waals surface area (Å²) in [6, 6.07) is 0. The number of hydrogen-bond acceptors (Lipinski definition) is 5. The Hall–Kier alpha value is -0.850. The Morgan fingerprint density at radius 1 is 1.53 bits per heavy atom. The Bertz CT molecular complexity index is 519. The summed E-state index contributed by atoms with van der Waals surface area (Å²) in [5.74, 6) is -0.170. The molecule has 1 atom stereocenters. The van der Waals surface area contributed by atoms with E-state index in [1.807, 2.05) is 20.1 Å². The largest absolute Gasteiger partial charge is 0.388 e. The average molecular weight is 298 g/mol. The lowest BCUT2D eigenvalue weighted by atomic mass is 9.91. The zero-order valence-electron chi connectivity index (χ0n) is 11.3. The molecule has 0 saturated heterocycles. The number of nitrogens with one attached hydrogen (secondary N) is 1. The molecule has 1 aromatic heterocycles. The predicted molar refractivity (Wildman–Crippen MR) is 80.2 cm³/mol. The highest BCUT2D eigenvalue weighted by Crippen LogP contribution is 2.43. The van der Waals surface area contributed by atoms with Gasteiger partial charge in [0.25, 0.3) is 5.91 Å². The quantitative estimate of drug-likeness (QED) is 0.512. The number of hydrogen-bond donors (Lipinski definition) is 2. The zero-order valence-corrected chi connectivity index (χ0v) is 13.0. The average Bonchev–Trinajstić information content (AvgIpc) is 2.76. The van der Waals surface area contributed by atoms with Crippen molar-refractivity contribution >= 4 is 34.7 Å². The van der Waals surface area contributed by atoms with E-state index in [9.17, 15) is 9.90 Å². The fraction of sp³-hybridized carbons (Fsp3) is 0.538. The monoisotopic (exact) mass is 298 g/mol. The summed E-state index contributed by atoms with van der Waals surface area (Å²) in [7, 11) is 0. The van der Waals surface area contributed by atoms with Crippen molar-refractivity contribution in [3.8, 4) is 0 Å². The topological polar surface area (TPSA) is 61.7 Å². The molecular weight excluding hydrogens is 280 g/mol. The maximum atomic E-state index is 12.2. The SMILES string of the molecule is CSc1sc(C(=O)NN=C(C)C)c2c1[C@H](O)CCC2. The lowest BCUT2D eigenvalue weighted by molar-refractivity contribution is 0.0957. The Kier molecular flexibility index (Phi) is 4.65. The van der Waals surface area contributed by atoms with Crippen molar-refractivity contribution in [1.29, 1.82) is 0 Å². The molecule has 1 aliphatic rings. The molecule has 0 bridgehead atoms. The van der Waals surface area contributed by atoms with Crippen LogP contribution < -0.4 is 5.43 Å². The van der Waals surface area contributed by atoms with Crippen LogP contribution in [-0.4, -0.2) is 23.0 Å². The van der Waals surface area contributed by atoms with Gasteiger partial charge in [0.2, 0.25) is 0 Å². The number of hydrazone groups is 1. The first-order valence-electron chi connectivity index (χ1n) is 6.23. The van der Waals surface area contributed by atoms with E-state index in [0.29, 0.717) is 4.88 Å². The van der Waals surface area contributed by atoms with Gasteiger partial charge in [0.15, 0.2) is 0 Å². The number of carbonyl (C=O) groups is 1. The number of aliphatic hydroxyl groups is 1. The minimum absolute atomic E-state index is 0.170. The Labute approximate surface area is 121 Å². The summed E-state index contributed by atoms with van der Waals surface area (Å²) in [6.45, 7) is 3.67. The van der Waals surface area contributed by atoms with Gasteiger partial charge in [-0.2, -0.15) is 5.10 Å². The molecule has 0 aliphatic heterocycles. The minimum Gasteiger partial charge on any atom is -0.388 e. The van der Waals surface area contributed by atoms with Gasteiger partial charge in [0, 0.05) is 11.3 Å². The second-order valence-electron chi connectivity index (χ2n) is 4.72. The molecule has 104 valence electrons. The van der Waals surface area contributed by atoms with E-state index in [1.54, 1.807) is 11.8 Å². The molecule has 2 rings (SSSR count). The minimum atomic E-state index is -0.430. The third-order valence-electron chi connectivity index (χ3n) is 3.02. The summed E-state index contributed by atoms with van der Waals surface area (Å²) in [4.78, 5) is 12.9. The molecule has 1 heterocycles. The maximum absolute atomic E-state index is 12.2. The molecule has 1 amide bonds. The van der Waals surface area contributed by atoms with Gasteiger partial charge < -0.3 is 5.11 Å². The normalized spacial score (nSPS) is 17.8. The smallest absolute Gasteiger partial charge is 0.281 e. The van der Waals surface area contributed by atoms with Gasteiger partial charge in [-0.15, -0.1) is 23.1 Å². The van der Waals surface area contributed by atoms with Crippen LogP contribution in [0.5, 0.6) is 0 Å². The van der Waals surface area contributed by atoms with Gasteiger partial charge in [0.1, 0.15) is 0 Å². The third kappa shape index (κ3) is 3.01. The molecule has 0 fully saturated rings. The molecule has 6 heteroatoms. The Balaban J connectivity index is 2.36. The lowest BCUT2D eigenvalue weighted by Gasteiger charge is -2.19. The van der Waals surface area contributed by atoms with Gasteiger partial charge >= 0.3 is 0 Å². The van der Waals surface area contributed by atoms with Crippen molar-refractivity contribution in [3.05, 3.63) is 16.0 Å². The molecule has 19 heavy (non-hydrogen) atoms. The van der Waals surface area contributed by atoms with Crippen LogP contribution in [0.1, 0.15) is 53.6 Å². The molecule has 0 saturated carbocycles. The van der Waals surface area contributed by atoms with E-state index in [4.69, 9.17) is 0 Å².